The Morgan fingerprint density at radius 3 is 2.82 bits per heavy atom. The van der Waals surface area contributed by atoms with E-state index in [9.17, 15) is 4.79 Å². The van der Waals surface area contributed by atoms with Crippen molar-refractivity contribution >= 4 is 33.4 Å². The van der Waals surface area contributed by atoms with Gasteiger partial charge in [-0.1, -0.05) is 33.6 Å². The molecule has 0 unspecified atom stereocenters. The molecular formula is C12H16BrClN2O. The van der Waals surface area contributed by atoms with E-state index in [-0.39, 0.29) is 5.91 Å². The molecule has 0 aliphatic rings. The average Bonchev–Trinajstić information content (AvgIpc) is 2.29. The monoisotopic (exact) mass is 318 g/mol. The van der Waals surface area contributed by atoms with Gasteiger partial charge >= 0.3 is 0 Å². The highest BCUT2D eigenvalue weighted by Gasteiger charge is 2.06. The minimum absolute atomic E-state index is 0.0621. The summed E-state index contributed by atoms with van der Waals surface area (Å²) in [6.45, 7) is 1.52. The lowest BCUT2D eigenvalue weighted by atomic mass is 10.2. The first-order valence-corrected chi connectivity index (χ1v) is 6.53. The number of hydrogen-bond donors (Lipinski definition) is 1. The standard InChI is InChI=1S/C12H16BrClN2O/c1-15-12(17)5-6-16(2)8-9-3-4-10(14)7-11(9)13/h3-4,7H,5-6,8H2,1-2H3,(H,15,17). The molecule has 1 aromatic carbocycles. The smallest absolute Gasteiger partial charge is 0.221 e. The van der Waals surface area contributed by atoms with Gasteiger partial charge in [-0.25, -0.2) is 0 Å². The van der Waals surface area contributed by atoms with Crippen molar-refractivity contribution in [1.82, 2.24) is 10.2 Å². The molecule has 1 rings (SSSR count). The third-order valence-corrected chi connectivity index (χ3v) is 3.43. The van der Waals surface area contributed by atoms with Crippen LogP contribution in [0.5, 0.6) is 0 Å². The summed E-state index contributed by atoms with van der Waals surface area (Å²) in [4.78, 5) is 13.2. The van der Waals surface area contributed by atoms with Gasteiger partial charge in [0.2, 0.25) is 5.91 Å². The number of halogens is 2. The molecule has 0 spiro atoms. The van der Waals surface area contributed by atoms with Crippen molar-refractivity contribution in [1.29, 1.82) is 0 Å². The van der Waals surface area contributed by atoms with Crippen LogP contribution in [0.1, 0.15) is 12.0 Å². The number of hydrogen-bond acceptors (Lipinski definition) is 2. The van der Waals surface area contributed by atoms with Gasteiger partial charge in [0.15, 0.2) is 0 Å². The Morgan fingerprint density at radius 2 is 2.24 bits per heavy atom. The molecule has 17 heavy (non-hydrogen) atoms. The summed E-state index contributed by atoms with van der Waals surface area (Å²) in [6.07, 6.45) is 0.512. The highest BCUT2D eigenvalue weighted by molar-refractivity contribution is 9.10. The molecule has 3 nitrogen and oxygen atoms in total. The minimum atomic E-state index is 0.0621. The number of nitrogens with zero attached hydrogens (tertiary/aromatic N) is 1. The van der Waals surface area contributed by atoms with Gasteiger partial charge in [0.05, 0.1) is 0 Å². The van der Waals surface area contributed by atoms with Crippen LogP contribution < -0.4 is 5.32 Å². The molecule has 0 saturated carbocycles. The first-order chi connectivity index (χ1) is 8.02. The number of carbonyl (C=O) groups excluding carboxylic acids is 1. The molecular weight excluding hydrogens is 304 g/mol. The fourth-order valence-electron chi connectivity index (χ4n) is 1.44. The highest BCUT2D eigenvalue weighted by atomic mass is 79.9. The molecule has 0 aromatic heterocycles. The van der Waals surface area contributed by atoms with E-state index in [1.165, 1.54) is 0 Å². The van der Waals surface area contributed by atoms with Gasteiger partial charge < -0.3 is 10.2 Å². The second-order valence-corrected chi connectivity index (χ2v) is 5.19. The molecule has 0 heterocycles. The molecule has 0 saturated heterocycles. The van der Waals surface area contributed by atoms with Crippen molar-refractivity contribution in [2.45, 2.75) is 13.0 Å². The van der Waals surface area contributed by atoms with Gasteiger partial charge in [0.1, 0.15) is 0 Å². The van der Waals surface area contributed by atoms with Crippen LogP contribution in [0, 0.1) is 0 Å². The van der Waals surface area contributed by atoms with Gasteiger partial charge in [-0.2, -0.15) is 0 Å². The summed E-state index contributed by atoms with van der Waals surface area (Å²) in [5.74, 6) is 0.0621. The maximum Gasteiger partial charge on any atom is 0.221 e. The van der Waals surface area contributed by atoms with E-state index in [0.29, 0.717) is 11.4 Å². The second-order valence-electron chi connectivity index (χ2n) is 3.90. The Hall–Kier alpha value is -0.580. The number of carbonyl (C=O) groups is 1. The minimum Gasteiger partial charge on any atom is -0.359 e. The Bertz CT molecular complexity index is 398. The summed E-state index contributed by atoms with van der Waals surface area (Å²) < 4.78 is 0.997. The molecule has 1 N–H and O–H groups in total. The SMILES string of the molecule is CNC(=O)CCN(C)Cc1ccc(Cl)cc1Br. The Morgan fingerprint density at radius 1 is 1.53 bits per heavy atom. The largest absolute Gasteiger partial charge is 0.359 e. The summed E-state index contributed by atoms with van der Waals surface area (Å²) in [6, 6.07) is 5.74. The average molecular weight is 320 g/mol. The van der Waals surface area contributed by atoms with Crippen LogP contribution in [-0.2, 0) is 11.3 Å². The van der Waals surface area contributed by atoms with E-state index < -0.39 is 0 Å². The first-order valence-electron chi connectivity index (χ1n) is 5.36. The molecule has 0 fully saturated rings. The second kappa shape index (κ2) is 6.99. The van der Waals surface area contributed by atoms with Crippen molar-refractivity contribution < 1.29 is 4.79 Å². The van der Waals surface area contributed by atoms with Crippen LogP contribution in [0.4, 0.5) is 0 Å². The predicted molar refractivity (Wildman–Crippen MR) is 74.2 cm³/mol. The van der Waals surface area contributed by atoms with Crippen molar-refractivity contribution in [3.8, 4) is 0 Å². The lowest BCUT2D eigenvalue weighted by Gasteiger charge is -2.17. The molecule has 0 aliphatic carbocycles. The highest BCUT2D eigenvalue weighted by Crippen LogP contribution is 2.22. The van der Waals surface area contributed by atoms with Crippen LogP contribution in [0.25, 0.3) is 0 Å². The third kappa shape index (κ3) is 5.06. The summed E-state index contributed by atoms with van der Waals surface area (Å²) in [5, 5.41) is 3.33. The fraction of sp³-hybridized carbons (Fsp3) is 0.417. The van der Waals surface area contributed by atoms with Gasteiger partial charge in [-0.05, 0) is 24.7 Å². The zero-order valence-corrected chi connectivity index (χ0v) is 12.3. The number of rotatable bonds is 5. The van der Waals surface area contributed by atoms with E-state index in [2.05, 4.69) is 26.1 Å². The molecule has 0 bridgehead atoms. The molecule has 1 amide bonds. The summed E-state index contributed by atoms with van der Waals surface area (Å²) in [5.41, 5.74) is 1.16. The number of nitrogens with one attached hydrogen (secondary N) is 1. The third-order valence-electron chi connectivity index (χ3n) is 2.45. The zero-order valence-electron chi connectivity index (χ0n) is 9.96. The van der Waals surface area contributed by atoms with E-state index in [4.69, 9.17) is 11.6 Å². The number of benzene rings is 1. The van der Waals surface area contributed by atoms with Crippen molar-refractivity contribution in [2.75, 3.05) is 20.6 Å². The van der Waals surface area contributed by atoms with Crippen molar-refractivity contribution in [3.05, 3.63) is 33.3 Å². The fourth-order valence-corrected chi connectivity index (χ4v) is 2.25. The molecule has 0 aliphatic heterocycles. The van der Waals surface area contributed by atoms with Crippen LogP contribution in [-0.4, -0.2) is 31.4 Å². The normalized spacial score (nSPS) is 10.6. The van der Waals surface area contributed by atoms with Gasteiger partial charge in [0.25, 0.3) is 0 Å². The maximum absolute atomic E-state index is 11.1. The summed E-state index contributed by atoms with van der Waals surface area (Å²) in [7, 11) is 3.64. The Balaban J connectivity index is 2.50. The molecule has 0 radical (unpaired) electrons. The first kappa shape index (κ1) is 14.5. The van der Waals surface area contributed by atoms with Crippen LogP contribution in [0.15, 0.2) is 22.7 Å². The number of amides is 1. The van der Waals surface area contributed by atoms with E-state index >= 15 is 0 Å². The Labute approximate surface area is 115 Å². The van der Waals surface area contributed by atoms with Crippen LogP contribution in [0.3, 0.4) is 0 Å². The molecule has 94 valence electrons. The molecule has 0 atom stereocenters. The van der Waals surface area contributed by atoms with Gasteiger partial charge in [-0.15, -0.1) is 0 Å². The van der Waals surface area contributed by atoms with E-state index in [0.717, 1.165) is 23.1 Å². The quantitative estimate of drug-likeness (QED) is 0.905. The zero-order chi connectivity index (χ0) is 12.8. The summed E-state index contributed by atoms with van der Waals surface area (Å²) >= 11 is 9.36. The molecule has 5 heteroatoms. The van der Waals surface area contributed by atoms with Crippen LogP contribution in [0.2, 0.25) is 5.02 Å². The predicted octanol–water partition coefficient (Wildman–Crippen LogP) is 2.67. The topological polar surface area (TPSA) is 32.3 Å². The van der Waals surface area contributed by atoms with E-state index in [1.807, 2.05) is 25.2 Å². The van der Waals surface area contributed by atoms with Gasteiger partial charge in [0, 0.05) is 36.1 Å². The lowest BCUT2D eigenvalue weighted by molar-refractivity contribution is -0.120. The Kier molecular flexibility index (Phi) is 5.95. The van der Waals surface area contributed by atoms with Gasteiger partial charge in [-0.3, -0.25) is 4.79 Å². The maximum atomic E-state index is 11.1. The van der Waals surface area contributed by atoms with Crippen molar-refractivity contribution in [3.63, 3.8) is 0 Å². The van der Waals surface area contributed by atoms with Crippen LogP contribution >= 0.6 is 27.5 Å². The van der Waals surface area contributed by atoms with Crippen molar-refractivity contribution in [2.24, 2.45) is 0 Å². The molecule has 1 aromatic rings. The van der Waals surface area contributed by atoms with E-state index in [1.54, 1.807) is 7.05 Å². The lowest BCUT2D eigenvalue weighted by Crippen LogP contribution is -2.26.